The van der Waals surface area contributed by atoms with Crippen LogP contribution in [0.1, 0.15) is 73.1 Å². The van der Waals surface area contributed by atoms with Crippen molar-refractivity contribution in [1.82, 2.24) is 0 Å². The van der Waals surface area contributed by atoms with Gasteiger partial charge in [0, 0.05) is 6.42 Å². The lowest BCUT2D eigenvalue weighted by Crippen LogP contribution is -2.25. The molecule has 0 aromatic rings. The van der Waals surface area contributed by atoms with Crippen molar-refractivity contribution in [2.75, 3.05) is 6.61 Å². The van der Waals surface area contributed by atoms with E-state index >= 15 is 0 Å². The summed E-state index contributed by atoms with van der Waals surface area (Å²) in [6, 6.07) is 0. The Bertz CT molecular complexity index is 799. The third-order valence-electron chi connectivity index (χ3n) is 4.07. The Morgan fingerprint density at radius 1 is 0.871 bits per heavy atom. The highest BCUT2D eigenvalue weighted by Crippen LogP contribution is 2.28. The topological polar surface area (TPSA) is 69.7 Å². The number of ether oxygens (including phenoxy) is 1. The van der Waals surface area contributed by atoms with Gasteiger partial charge in [-0.2, -0.15) is 21.6 Å². The molecule has 0 aliphatic carbocycles. The zero-order valence-corrected chi connectivity index (χ0v) is 19.7. The van der Waals surface area contributed by atoms with Gasteiger partial charge >= 0.3 is 21.6 Å². The van der Waals surface area contributed by atoms with Crippen molar-refractivity contribution in [3.05, 3.63) is 46.8 Å². The van der Waals surface area contributed by atoms with Gasteiger partial charge in [0.25, 0.3) is 0 Å². The second-order valence-electron chi connectivity index (χ2n) is 7.34. The number of esters is 1. The number of allylic oxidation sites excluding steroid dienone is 7. The summed E-state index contributed by atoms with van der Waals surface area (Å²) in [5.74, 6) is -1.58. The van der Waals surface area contributed by atoms with Crippen LogP contribution < -0.4 is 0 Å². The first-order valence-electron chi connectivity index (χ1n) is 10.1. The molecule has 0 fully saturated rings. The monoisotopic (exact) mass is 466 g/mol. The molecule has 0 spiro atoms. The van der Waals surface area contributed by atoms with Crippen molar-refractivity contribution >= 4 is 16.1 Å². The molecule has 178 valence electrons. The molecule has 0 atom stereocenters. The van der Waals surface area contributed by atoms with Crippen molar-refractivity contribution in [3.8, 4) is 0 Å². The van der Waals surface area contributed by atoms with Gasteiger partial charge in [0.2, 0.25) is 0 Å². The Morgan fingerprint density at radius 3 is 1.81 bits per heavy atom. The van der Waals surface area contributed by atoms with Crippen LogP contribution in [0.3, 0.4) is 0 Å². The molecule has 0 bridgehead atoms. The molecule has 0 aliphatic heterocycles. The van der Waals surface area contributed by atoms with E-state index < -0.39 is 27.4 Å². The van der Waals surface area contributed by atoms with Gasteiger partial charge in [-0.1, -0.05) is 34.9 Å². The highest BCUT2D eigenvalue weighted by Gasteiger charge is 2.48. The Hall–Kier alpha value is -2.03. The van der Waals surface area contributed by atoms with Gasteiger partial charge in [-0.3, -0.25) is 0 Å². The summed E-state index contributed by atoms with van der Waals surface area (Å²) in [5, 5.41) is 0. The molecule has 0 rings (SSSR count). The maximum absolute atomic E-state index is 12.6. The fraction of sp³-hybridized carbons (Fsp3) is 0.591. The molecule has 0 heterocycles. The Labute approximate surface area is 183 Å². The van der Waals surface area contributed by atoms with Crippen LogP contribution in [0.4, 0.5) is 13.2 Å². The minimum absolute atomic E-state index is 0.00504. The second-order valence-corrected chi connectivity index (χ2v) is 8.88. The molecule has 0 unspecified atom stereocenters. The lowest BCUT2D eigenvalue weighted by Gasteiger charge is -2.12. The number of carbonyl (C=O) groups excluding carboxylic acids is 1. The molecule has 31 heavy (non-hydrogen) atoms. The van der Waals surface area contributed by atoms with Gasteiger partial charge in [-0.15, -0.1) is 0 Å². The molecular weight excluding hydrogens is 433 g/mol. The number of halogens is 3. The molecule has 0 radical (unpaired) electrons. The number of alkyl halides is 3. The summed E-state index contributed by atoms with van der Waals surface area (Å²) in [5.41, 5.74) is -2.00. The number of hydrogen-bond donors (Lipinski definition) is 0. The standard InChI is InChI=1S/C22H33F3O5S/c1-6-29-21(26)16-20(30-31(27,28)22(23,24)25)15-9-14-19(5)13-8-12-18(4)11-7-10-17(2)3/h10,12,14,16H,6-9,11,13,15H2,1-5H3/b18-12+,19-14-,20-16-. The predicted molar refractivity (Wildman–Crippen MR) is 115 cm³/mol. The second kappa shape index (κ2) is 14.1. The molecule has 0 N–H and O–H groups in total. The van der Waals surface area contributed by atoms with Gasteiger partial charge in [0.05, 0.1) is 12.7 Å². The first-order valence-corrected chi connectivity index (χ1v) is 11.5. The lowest BCUT2D eigenvalue weighted by molar-refractivity contribution is -0.137. The minimum Gasteiger partial charge on any atom is -0.463 e. The summed E-state index contributed by atoms with van der Waals surface area (Å²) in [6.07, 6.45) is 10.4. The van der Waals surface area contributed by atoms with E-state index in [1.54, 1.807) is 6.08 Å². The number of carbonyl (C=O) groups is 1. The van der Waals surface area contributed by atoms with E-state index in [1.807, 2.05) is 6.92 Å². The van der Waals surface area contributed by atoms with Crippen LogP contribution in [0.2, 0.25) is 0 Å². The predicted octanol–water partition coefficient (Wildman–Crippen LogP) is 6.50. The quantitative estimate of drug-likeness (QED) is 0.0774. The number of hydrogen-bond acceptors (Lipinski definition) is 5. The zero-order valence-electron chi connectivity index (χ0n) is 18.8. The summed E-state index contributed by atoms with van der Waals surface area (Å²) in [4.78, 5) is 11.5. The normalized spacial score (nSPS) is 13.7. The van der Waals surface area contributed by atoms with Crippen molar-refractivity contribution in [2.24, 2.45) is 0 Å². The van der Waals surface area contributed by atoms with Crippen LogP contribution >= 0.6 is 0 Å². The number of rotatable bonds is 13. The molecule has 9 heteroatoms. The van der Waals surface area contributed by atoms with Crippen LogP contribution in [-0.4, -0.2) is 26.5 Å². The Kier molecular flexibility index (Phi) is 13.2. The largest absolute Gasteiger partial charge is 0.534 e. The average Bonchev–Trinajstić information content (AvgIpc) is 2.60. The SMILES string of the molecule is CCOC(=O)/C=C(/CC/C=C(/C)CC/C=C(\C)CCC=C(C)C)OS(=O)(=O)C(F)(F)F. The van der Waals surface area contributed by atoms with E-state index in [0.717, 1.165) is 31.3 Å². The zero-order chi connectivity index (χ0) is 24.1. The molecule has 0 amide bonds. The first kappa shape index (κ1) is 29.0. The fourth-order valence-electron chi connectivity index (χ4n) is 2.44. The van der Waals surface area contributed by atoms with Crippen molar-refractivity contribution in [3.63, 3.8) is 0 Å². The fourth-order valence-corrected chi connectivity index (χ4v) is 2.95. The Morgan fingerprint density at radius 2 is 1.35 bits per heavy atom. The first-order chi connectivity index (χ1) is 14.3. The van der Waals surface area contributed by atoms with E-state index in [2.05, 4.69) is 41.8 Å². The van der Waals surface area contributed by atoms with Gasteiger partial charge in [-0.25, -0.2) is 4.79 Å². The van der Waals surface area contributed by atoms with E-state index in [4.69, 9.17) is 0 Å². The molecule has 0 saturated carbocycles. The van der Waals surface area contributed by atoms with E-state index in [9.17, 15) is 26.4 Å². The van der Waals surface area contributed by atoms with Gasteiger partial charge in [-0.05, 0) is 66.7 Å². The molecule has 0 aromatic heterocycles. The molecule has 0 aliphatic rings. The summed E-state index contributed by atoms with van der Waals surface area (Å²) in [7, 11) is -5.85. The molecule has 0 aromatic carbocycles. The van der Waals surface area contributed by atoms with Gasteiger partial charge in [0.15, 0.2) is 0 Å². The summed E-state index contributed by atoms with van der Waals surface area (Å²) >= 11 is 0. The third-order valence-corrected chi connectivity index (χ3v) is 5.07. The highest BCUT2D eigenvalue weighted by atomic mass is 32.2. The van der Waals surface area contributed by atoms with Crippen molar-refractivity contribution < 1.29 is 35.3 Å². The molecule has 0 saturated heterocycles. The smallest absolute Gasteiger partial charge is 0.463 e. The third kappa shape index (κ3) is 13.8. The summed E-state index contributed by atoms with van der Waals surface area (Å²) in [6.45, 7) is 9.59. The highest BCUT2D eigenvalue weighted by molar-refractivity contribution is 7.87. The summed E-state index contributed by atoms with van der Waals surface area (Å²) < 4.78 is 69.0. The van der Waals surface area contributed by atoms with Crippen LogP contribution in [0.25, 0.3) is 0 Å². The van der Waals surface area contributed by atoms with Crippen molar-refractivity contribution in [1.29, 1.82) is 0 Å². The molecular formula is C22H33F3O5S. The van der Waals surface area contributed by atoms with Crippen LogP contribution in [0.15, 0.2) is 46.8 Å². The van der Waals surface area contributed by atoms with Crippen LogP contribution in [0.5, 0.6) is 0 Å². The van der Waals surface area contributed by atoms with E-state index in [1.165, 1.54) is 18.1 Å². The average molecular weight is 467 g/mol. The van der Waals surface area contributed by atoms with E-state index in [0.29, 0.717) is 6.08 Å². The van der Waals surface area contributed by atoms with Crippen LogP contribution in [0, 0.1) is 0 Å². The van der Waals surface area contributed by atoms with Gasteiger partial charge < -0.3 is 8.92 Å². The van der Waals surface area contributed by atoms with E-state index in [-0.39, 0.29) is 19.4 Å². The maximum Gasteiger partial charge on any atom is 0.534 e. The minimum atomic E-state index is -5.85. The van der Waals surface area contributed by atoms with Crippen molar-refractivity contribution in [2.45, 2.75) is 78.7 Å². The lowest BCUT2D eigenvalue weighted by atomic mass is 10.1. The van der Waals surface area contributed by atoms with Crippen LogP contribution in [-0.2, 0) is 23.8 Å². The molecule has 5 nitrogen and oxygen atoms in total. The van der Waals surface area contributed by atoms with Gasteiger partial charge in [0.1, 0.15) is 5.76 Å². The maximum atomic E-state index is 12.6. The Balaban J connectivity index is 4.89.